The zero-order valence-electron chi connectivity index (χ0n) is 32.0. The van der Waals surface area contributed by atoms with Gasteiger partial charge in [-0.3, -0.25) is 0 Å². The third kappa shape index (κ3) is 5.48. The summed E-state index contributed by atoms with van der Waals surface area (Å²) in [5.74, 6) is 0. The quantitative estimate of drug-likeness (QED) is 0.163. The van der Waals surface area contributed by atoms with Crippen molar-refractivity contribution in [2.45, 2.75) is 12.8 Å². The number of benzene rings is 8. The number of fused-ring (bicyclic) bond motifs is 11. The minimum absolute atomic E-state index is 0.950. The summed E-state index contributed by atoms with van der Waals surface area (Å²) in [5, 5.41) is 12.9. The van der Waals surface area contributed by atoms with Crippen LogP contribution in [0.3, 0.4) is 0 Å². The topological polar surface area (TPSA) is 0 Å². The Morgan fingerprint density at radius 1 is 0.483 bits per heavy atom. The maximum absolute atomic E-state index is 4.71. The molecule has 0 radical (unpaired) electrons. The van der Waals surface area contributed by atoms with Crippen LogP contribution in [-0.4, -0.2) is 0 Å². The number of hydrogen-bond donors (Lipinski definition) is 0. The van der Waals surface area contributed by atoms with E-state index in [0.717, 1.165) is 35.1 Å². The average molecular weight is 775 g/mol. The number of rotatable bonds is 5. The van der Waals surface area contributed by atoms with E-state index in [0.29, 0.717) is 0 Å². The molecule has 0 aliphatic heterocycles. The van der Waals surface area contributed by atoms with Gasteiger partial charge in [-0.15, -0.1) is 22.7 Å². The highest BCUT2D eigenvalue weighted by molar-refractivity contribution is 7.27. The van der Waals surface area contributed by atoms with Crippen LogP contribution in [-0.2, 0) is 0 Å². The third-order valence-corrected chi connectivity index (χ3v) is 14.3. The van der Waals surface area contributed by atoms with Crippen molar-refractivity contribution in [1.82, 2.24) is 0 Å². The normalized spacial score (nSPS) is 14.8. The largest absolute Gasteiger partial charge is 0.135 e. The van der Waals surface area contributed by atoms with E-state index in [1.807, 2.05) is 28.7 Å². The molecule has 0 saturated carbocycles. The Balaban J connectivity index is 1.22. The Hall–Kier alpha value is -6.58. The lowest BCUT2D eigenvalue weighted by Crippen LogP contribution is -2.29. The van der Waals surface area contributed by atoms with Gasteiger partial charge in [0.05, 0.1) is 0 Å². The van der Waals surface area contributed by atoms with Crippen LogP contribution in [0.1, 0.15) is 29.5 Å². The molecule has 0 saturated heterocycles. The standard InChI is InChI=1S/C56H38S2/c1-3-36-18-8-9-19-37(36)35(2)38-20-6-4-5-7-21-41(40-23-11-10-22-39(38)40)44-30-31-45(43-25-13-12-24-42(43)44)50-34-51-47(54-49-27-15-17-29-53(49)58-56(50)54)32-33-48-46-26-14-16-28-52(46)57-55(48)51/h3,6-34H,1-2,4-5H2/b20-6?,21-7+,39-38?,41-40+. The molecule has 0 atom stereocenters. The van der Waals surface area contributed by atoms with E-state index in [2.05, 4.69) is 183 Å². The fourth-order valence-corrected chi connectivity index (χ4v) is 11.6. The van der Waals surface area contributed by atoms with Crippen LogP contribution in [0.4, 0.5) is 0 Å². The molecule has 0 fully saturated rings. The second-order valence-electron chi connectivity index (χ2n) is 15.1. The van der Waals surface area contributed by atoms with E-state index < -0.39 is 0 Å². The van der Waals surface area contributed by atoms with Crippen LogP contribution >= 0.6 is 22.7 Å². The van der Waals surface area contributed by atoms with Gasteiger partial charge in [0.15, 0.2) is 0 Å². The summed E-state index contributed by atoms with van der Waals surface area (Å²) in [5.41, 5.74) is 9.32. The first-order chi connectivity index (χ1) is 28.7. The van der Waals surface area contributed by atoms with Gasteiger partial charge >= 0.3 is 0 Å². The first-order valence-electron chi connectivity index (χ1n) is 20.0. The molecule has 0 spiro atoms. The predicted molar refractivity (Wildman–Crippen MR) is 257 cm³/mol. The molecule has 0 N–H and O–H groups in total. The Kier molecular flexibility index (Phi) is 8.43. The Bertz CT molecular complexity index is 3550. The van der Waals surface area contributed by atoms with E-state index in [1.54, 1.807) is 0 Å². The van der Waals surface area contributed by atoms with Crippen LogP contribution in [0.2, 0.25) is 0 Å². The van der Waals surface area contributed by atoms with Gasteiger partial charge in [0.2, 0.25) is 0 Å². The van der Waals surface area contributed by atoms with Crippen LogP contribution in [0, 0.1) is 0 Å². The second-order valence-corrected chi connectivity index (χ2v) is 17.2. The SMILES string of the molecule is C=Cc1ccccc1C(=C)C1=c2cccc/c2=C(c2ccc(-c3cc4c(ccc5c6ccccc6sc54)c4c3sc3ccccc34)c3ccccc23)/C=C/CCC=C1. The molecule has 0 amide bonds. The lowest BCUT2D eigenvalue weighted by atomic mass is 9.88. The maximum atomic E-state index is 4.71. The molecule has 58 heavy (non-hydrogen) atoms. The van der Waals surface area contributed by atoms with Crippen molar-refractivity contribution >= 4 is 107 Å². The summed E-state index contributed by atoms with van der Waals surface area (Å²) >= 11 is 3.83. The molecular weight excluding hydrogens is 737 g/mol. The summed E-state index contributed by atoms with van der Waals surface area (Å²) in [6, 6.07) is 56.0. The van der Waals surface area contributed by atoms with Crippen LogP contribution in [0.25, 0.3) is 95.8 Å². The first kappa shape index (κ1) is 34.7. The molecule has 0 unspecified atom stereocenters. The van der Waals surface area contributed by atoms with Crippen molar-refractivity contribution in [3.63, 3.8) is 0 Å². The minimum Gasteiger partial charge on any atom is -0.135 e. The number of thiophene rings is 2. The highest BCUT2D eigenvalue weighted by Crippen LogP contribution is 2.49. The van der Waals surface area contributed by atoms with Crippen LogP contribution in [0.15, 0.2) is 189 Å². The van der Waals surface area contributed by atoms with Gasteiger partial charge in [-0.2, -0.15) is 0 Å². The highest BCUT2D eigenvalue weighted by atomic mass is 32.1. The van der Waals surface area contributed by atoms with Gasteiger partial charge in [0.1, 0.15) is 0 Å². The first-order valence-corrected chi connectivity index (χ1v) is 21.6. The van der Waals surface area contributed by atoms with Crippen molar-refractivity contribution in [3.8, 4) is 11.1 Å². The number of allylic oxidation sites excluding steroid dienone is 5. The van der Waals surface area contributed by atoms with E-state index in [4.69, 9.17) is 6.58 Å². The van der Waals surface area contributed by atoms with Crippen molar-refractivity contribution in [3.05, 3.63) is 216 Å². The fraction of sp³-hybridized carbons (Fsp3) is 0.0357. The van der Waals surface area contributed by atoms with Crippen molar-refractivity contribution in [2.24, 2.45) is 0 Å². The highest BCUT2D eigenvalue weighted by Gasteiger charge is 2.20. The predicted octanol–water partition coefficient (Wildman–Crippen LogP) is 15.0. The van der Waals surface area contributed by atoms with Gasteiger partial charge in [0.25, 0.3) is 0 Å². The van der Waals surface area contributed by atoms with Gasteiger partial charge < -0.3 is 0 Å². The summed E-state index contributed by atoms with van der Waals surface area (Å²) in [4.78, 5) is 0. The second kappa shape index (κ2) is 14.1. The molecule has 10 aromatic rings. The molecule has 8 aromatic carbocycles. The molecule has 0 bridgehead atoms. The molecule has 274 valence electrons. The van der Waals surface area contributed by atoms with Gasteiger partial charge in [-0.1, -0.05) is 177 Å². The summed E-state index contributed by atoms with van der Waals surface area (Å²) in [6.07, 6.45) is 13.1. The Labute approximate surface area is 345 Å². The van der Waals surface area contributed by atoms with E-state index in [1.165, 1.54) is 94.6 Å². The van der Waals surface area contributed by atoms with Gasteiger partial charge in [-0.05, 0) is 96.6 Å². The Morgan fingerprint density at radius 2 is 1.09 bits per heavy atom. The monoisotopic (exact) mass is 774 g/mol. The van der Waals surface area contributed by atoms with Gasteiger partial charge in [-0.25, -0.2) is 0 Å². The maximum Gasteiger partial charge on any atom is 0.0440 e. The number of hydrogen-bond acceptors (Lipinski definition) is 2. The molecule has 1 aliphatic rings. The molecule has 11 rings (SSSR count). The molecule has 1 aliphatic carbocycles. The minimum atomic E-state index is 0.950. The lowest BCUT2D eigenvalue weighted by Gasteiger charge is -2.16. The summed E-state index contributed by atoms with van der Waals surface area (Å²) < 4.78 is 5.35. The zero-order valence-corrected chi connectivity index (χ0v) is 33.6. The van der Waals surface area contributed by atoms with Gasteiger partial charge in [0, 0.05) is 51.3 Å². The van der Waals surface area contributed by atoms with Crippen molar-refractivity contribution < 1.29 is 0 Å². The Morgan fingerprint density at radius 3 is 1.90 bits per heavy atom. The zero-order chi connectivity index (χ0) is 38.7. The van der Waals surface area contributed by atoms with Crippen molar-refractivity contribution in [2.75, 3.05) is 0 Å². The van der Waals surface area contributed by atoms with Crippen LogP contribution < -0.4 is 10.4 Å². The summed E-state index contributed by atoms with van der Waals surface area (Å²) in [6.45, 7) is 8.83. The van der Waals surface area contributed by atoms with E-state index >= 15 is 0 Å². The lowest BCUT2D eigenvalue weighted by molar-refractivity contribution is 1.05. The third-order valence-electron chi connectivity index (χ3n) is 11.9. The smallest absolute Gasteiger partial charge is 0.0440 e. The van der Waals surface area contributed by atoms with E-state index in [-0.39, 0.29) is 0 Å². The fourth-order valence-electron chi connectivity index (χ4n) is 9.17. The molecule has 2 heteroatoms. The van der Waals surface area contributed by atoms with Crippen molar-refractivity contribution in [1.29, 1.82) is 0 Å². The molecular formula is C56H38S2. The summed E-state index contributed by atoms with van der Waals surface area (Å²) in [7, 11) is 0. The molecule has 0 nitrogen and oxygen atoms in total. The average Bonchev–Trinajstić information content (AvgIpc) is 3.87. The molecule has 2 heterocycles. The van der Waals surface area contributed by atoms with Crippen LogP contribution in [0.5, 0.6) is 0 Å². The van der Waals surface area contributed by atoms with E-state index in [9.17, 15) is 0 Å². The molecule has 2 aromatic heterocycles.